The first-order chi connectivity index (χ1) is 6.86. The average molecular weight is 195 g/mol. The minimum absolute atomic E-state index is 0.385. The van der Waals surface area contributed by atoms with Crippen LogP contribution in [-0.2, 0) is 4.74 Å². The Morgan fingerprint density at radius 1 is 1.36 bits per heavy atom. The zero-order chi connectivity index (χ0) is 9.80. The van der Waals surface area contributed by atoms with E-state index in [1.54, 1.807) is 0 Å². The first kappa shape index (κ1) is 10.2. The molecule has 2 aliphatic rings. The fraction of sp³-hybridized carbons (Fsp3) is 0.833. The molecule has 1 heterocycles. The van der Waals surface area contributed by atoms with Gasteiger partial charge in [-0.3, -0.25) is 0 Å². The van der Waals surface area contributed by atoms with Crippen molar-refractivity contribution in [2.45, 2.75) is 44.8 Å². The van der Waals surface area contributed by atoms with Gasteiger partial charge < -0.3 is 10.1 Å². The van der Waals surface area contributed by atoms with E-state index in [9.17, 15) is 0 Å². The van der Waals surface area contributed by atoms with E-state index >= 15 is 0 Å². The first-order valence-electron chi connectivity index (χ1n) is 5.89. The van der Waals surface area contributed by atoms with Gasteiger partial charge in [0.15, 0.2) is 0 Å². The van der Waals surface area contributed by atoms with Gasteiger partial charge in [0.2, 0.25) is 0 Å². The molecular weight excluding hydrogens is 174 g/mol. The maximum Gasteiger partial charge on any atom is 0.0760 e. The molecule has 0 saturated carbocycles. The largest absolute Gasteiger partial charge is 0.369 e. The van der Waals surface area contributed by atoms with Gasteiger partial charge in [0.25, 0.3) is 0 Å². The second-order valence-corrected chi connectivity index (χ2v) is 4.54. The van der Waals surface area contributed by atoms with Crippen molar-refractivity contribution in [2.24, 2.45) is 5.92 Å². The highest BCUT2D eigenvalue weighted by Gasteiger charge is 2.24. The zero-order valence-corrected chi connectivity index (χ0v) is 9.04. The molecule has 0 amide bonds. The van der Waals surface area contributed by atoms with Gasteiger partial charge >= 0.3 is 0 Å². The van der Waals surface area contributed by atoms with Crippen LogP contribution >= 0.6 is 0 Å². The summed E-state index contributed by atoms with van der Waals surface area (Å²) in [5.41, 5.74) is 0. The molecule has 3 atom stereocenters. The molecular formula is C12H21NO. The number of nitrogens with one attached hydrogen (secondary N) is 1. The van der Waals surface area contributed by atoms with E-state index in [1.165, 1.54) is 25.7 Å². The number of allylic oxidation sites excluding steroid dienone is 1. The quantitative estimate of drug-likeness (QED) is 0.681. The third-order valence-electron chi connectivity index (χ3n) is 3.32. The summed E-state index contributed by atoms with van der Waals surface area (Å²) in [6.45, 7) is 4.49. The second-order valence-electron chi connectivity index (χ2n) is 4.54. The molecule has 1 fully saturated rings. The van der Waals surface area contributed by atoms with Gasteiger partial charge in [-0.05, 0) is 38.1 Å². The third kappa shape index (κ3) is 2.58. The molecule has 0 spiro atoms. The van der Waals surface area contributed by atoms with Crippen LogP contribution in [0.25, 0.3) is 0 Å². The fourth-order valence-corrected chi connectivity index (χ4v) is 2.26. The van der Waals surface area contributed by atoms with Crippen molar-refractivity contribution in [3.63, 3.8) is 0 Å². The normalized spacial score (nSPS) is 38.5. The number of rotatable bonds is 2. The summed E-state index contributed by atoms with van der Waals surface area (Å²) < 4.78 is 6.10. The van der Waals surface area contributed by atoms with E-state index in [4.69, 9.17) is 4.74 Å². The molecule has 80 valence electrons. The minimum Gasteiger partial charge on any atom is -0.369 e. The van der Waals surface area contributed by atoms with Crippen LogP contribution < -0.4 is 5.32 Å². The topological polar surface area (TPSA) is 21.3 Å². The summed E-state index contributed by atoms with van der Waals surface area (Å²) >= 11 is 0. The predicted molar refractivity (Wildman–Crippen MR) is 58.3 cm³/mol. The fourth-order valence-electron chi connectivity index (χ4n) is 2.26. The Bertz CT molecular complexity index is 202. The molecule has 0 aromatic rings. The van der Waals surface area contributed by atoms with Crippen LogP contribution in [0, 0.1) is 5.92 Å². The Labute approximate surface area is 86.7 Å². The van der Waals surface area contributed by atoms with Gasteiger partial charge in [0, 0.05) is 6.54 Å². The SMILES string of the molecule is CC1CCNCC1OC1C=CCCC1. The lowest BCUT2D eigenvalue weighted by Gasteiger charge is -2.32. The number of ether oxygens (including phenoxy) is 1. The standard InChI is InChI=1S/C12H21NO/c1-10-7-8-13-9-12(10)14-11-5-3-2-4-6-11/h3,5,10-13H,2,4,6-9H2,1H3. The Morgan fingerprint density at radius 3 is 3.00 bits per heavy atom. The van der Waals surface area contributed by atoms with Crippen LogP contribution in [-0.4, -0.2) is 25.3 Å². The molecule has 1 aliphatic heterocycles. The minimum atomic E-state index is 0.385. The van der Waals surface area contributed by atoms with Crippen molar-refractivity contribution in [3.8, 4) is 0 Å². The van der Waals surface area contributed by atoms with E-state index < -0.39 is 0 Å². The smallest absolute Gasteiger partial charge is 0.0760 e. The summed E-state index contributed by atoms with van der Waals surface area (Å²) in [4.78, 5) is 0. The van der Waals surface area contributed by atoms with Crippen molar-refractivity contribution < 1.29 is 4.74 Å². The van der Waals surface area contributed by atoms with Crippen LogP contribution in [0.15, 0.2) is 12.2 Å². The molecule has 1 saturated heterocycles. The highest BCUT2D eigenvalue weighted by atomic mass is 16.5. The van der Waals surface area contributed by atoms with Gasteiger partial charge in [-0.25, -0.2) is 0 Å². The molecule has 2 rings (SSSR count). The van der Waals surface area contributed by atoms with Crippen LogP contribution in [0.2, 0.25) is 0 Å². The predicted octanol–water partition coefficient (Wildman–Crippen LogP) is 2.11. The molecule has 0 bridgehead atoms. The van der Waals surface area contributed by atoms with Crippen LogP contribution in [0.1, 0.15) is 32.6 Å². The zero-order valence-electron chi connectivity index (χ0n) is 9.04. The summed E-state index contributed by atoms with van der Waals surface area (Å²) in [6.07, 6.45) is 10.3. The number of piperidine rings is 1. The monoisotopic (exact) mass is 195 g/mol. The van der Waals surface area contributed by atoms with E-state index in [0.29, 0.717) is 18.1 Å². The highest BCUT2D eigenvalue weighted by Crippen LogP contribution is 2.21. The Kier molecular flexibility index (Phi) is 3.60. The van der Waals surface area contributed by atoms with Crippen molar-refractivity contribution in [2.75, 3.05) is 13.1 Å². The Hall–Kier alpha value is -0.340. The second kappa shape index (κ2) is 4.94. The van der Waals surface area contributed by atoms with Gasteiger partial charge in [-0.1, -0.05) is 19.1 Å². The average Bonchev–Trinajstić information content (AvgIpc) is 2.23. The summed E-state index contributed by atoms with van der Waals surface area (Å²) in [5.74, 6) is 0.714. The number of hydrogen-bond donors (Lipinski definition) is 1. The van der Waals surface area contributed by atoms with Gasteiger partial charge in [0.1, 0.15) is 0 Å². The molecule has 0 aromatic carbocycles. The summed E-state index contributed by atoms with van der Waals surface area (Å²) in [5, 5.41) is 3.41. The molecule has 1 aliphatic carbocycles. The van der Waals surface area contributed by atoms with Gasteiger partial charge in [-0.2, -0.15) is 0 Å². The van der Waals surface area contributed by atoms with E-state index in [-0.39, 0.29) is 0 Å². The van der Waals surface area contributed by atoms with Crippen molar-refractivity contribution in [1.29, 1.82) is 0 Å². The van der Waals surface area contributed by atoms with Crippen LogP contribution in [0.3, 0.4) is 0 Å². The molecule has 0 aromatic heterocycles. The molecule has 14 heavy (non-hydrogen) atoms. The summed E-state index contributed by atoms with van der Waals surface area (Å²) in [6, 6.07) is 0. The maximum atomic E-state index is 6.10. The van der Waals surface area contributed by atoms with Crippen molar-refractivity contribution in [3.05, 3.63) is 12.2 Å². The molecule has 1 N–H and O–H groups in total. The number of hydrogen-bond acceptors (Lipinski definition) is 2. The van der Waals surface area contributed by atoms with Crippen molar-refractivity contribution >= 4 is 0 Å². The maximum absolute atomic E-state index is 6.10. The Morgan fingerprint density at radius 2 is 2.29 bits per heavy atom. The molecule has 3 unspecified atom stereocenters. The first-order valence-corrected chi connectivity index (χ1v) is 5.89. The lowest BCUT2D eigenvalue weighted by molar-refractivity contribution is -0.0327. The molecule has 2 nitrogen and oxygen atoms in total. The van der Waals surface area contributed by atoms with Gasteiger partial charge in [0.05, 0.1) is 12.2 Å². The van der Waals surface area contributed by atoms with Crippen LogP contribution in [0.5, 0.6) is 0 Å². The van der Waals surface area contributed by atoms with E-state index in [0.717, 1.165) is 13.1 Å². The third-order valence-corrected chi connectivity index (χ3v) is 3.32. The molecule has 0 radical (unpaired) electrons. The van der Waals surface area contributed by atoms with E-state index in [2.05, 4.69) is 24.4 Å². The van der Waals surface area contributed by atoms with E-state index in [1.807, 2.05) is 0 Å². The lowest BCUT2D eigenvalue weighted by Crippen LogP contribution is -2.42. The van der Waals surface area contributed by atoms with Gasteiger partial charge in [-0.15, -0.1) is 0 Å². The summed E-state index contributed by atoms with van der Waals surface area (Å²) in [7, 11) is 0. The van der Waals surface area contributed by atoms with Crippen molar-refractivity contribution in [1.82, 2.24) is 5.32 Å². The lowest BCUT2D eigenvalue weighted by atomic mass is 9.96. The highest BCUT2D eigenvalue weighted by molar-refractivity contribution is 4.95. The van der Waals surface area contributed by atoms with Crippen LogP contribution in [0.4, 0.5) is 0 Å². The molecule has 2 heteroatoms. The Balaban J connectivity index is 1.82.